The maximum absolute atomic E-state index is 5.23. The van der Waals surface area contributed by atoms with Crippen molar-refractivity contribution in [2.24, 2.45) is 5.41 Å². The summed E-state index contributed by atoms with van der Waals surface area (Å²) >= 11 is 0. The maximum Gasteiger partial charge on any atom is 0.160 e. The molecular weight excluding hydrogens is 228 g/mol. The zero-order chi connectivity index (χ0) is 12.4. The Morgan fingerprint density at radius 2 is 2.28 bits per heavy atom. The Morgan fingerprint density at radius 3 is 3.06 bits per heavy atom. The third kappa shape index (κ3) is 2.23. The molecule has 2 aromatic rings. The molecule has 0 bridgehead atoms. The van der Waals surface area contributed by atoms with Gasteiger partial charge < -0.3 is 10.1 Å². The fourth-order valence-corrected chi connectivity index (χ4v) is 2.20. The lowest BCUT2D eigenvalue weighted by atomic mass is 9.89. The zero-order valence-corrected chi connectivity index (χ0v) is 10.6. The summed E-state index contributed by atoms with van der Waals surface area (Å²) in [5.74, 6) is 1.01. The number of hydrogen-bond acceptors (Lipinski definition) is 4. The van der Waals surface area contributed by atoms with Crippen LogP contribution < -0.4 is 5.32 Å². The normalized spacial score (nSPS) is 17.8. The van der Waals surface area contributed by atoms with Crippen LogP contribution in [0.15, 0.2) is 24.4 Å². The topological polar surface area (TPSA) is 51.5 Å². The minimum absolute atomic E-state index is 0.326. The predicted octanol–water partition coefficient (Wildman–Crippen LogP) is 0.898. The summed E-state index contributed by atoms with van der Waals surface area (Å²) in [4.78, 5) is 0. The van der Waals surface area contributed by atoms with E-state index in [-0.39, 0.29) is 0 Å². The number of hydrogen-bond donors (Lipinski definition) is 1. The highest BCUT2D eigenvalue weighted by atomic mass is 16.5. The van der Waals surface area contributed by atoms with Crippen molar-refractivity contribution in [3.63, 3.8) is 0 Å². The molecule has 96 valence electrons. The van der Waals surface area contributed by atoms with Gasteiger partial charge in [-0.2, -0.15) is 0 Å². The van der Waals surface area contributed by atoms with Gasteiger partial charge in [-0.25, -0.2) is 0 Å². The van der Waals surface area contributed by atoms with E-state index in [0.717, 1.165) is 44.2 Å². The van der Waals surface area contributed by atoms with Crippen LogP contribution in [0.2, 0.25) is 0 Å². The minimum Gasteiger partial charge on any atom is -0.380 e. The summed E-state index contributed by atoms with van der Waals surface area (Å²) in [5, 5.41) is 11.8. The van der Waals surface area contributed by atoms with Crippen LogP contribution in [0, 0.1) is 5.41 Å². The molecule has 0 unspecified atom stereocenters. The quantitative estimate of drug-likeness (QED) is 0.796. The van der Waals surface area contributed by atoms with Gasteiger partial charge in [-0.15, -0.1) is 10.2 Å². The van der Waals surface area contributed by atoms with Crippen molar-refractivity contribution in [1.82, 2.24) is 19.9 Å². The first kappa shape index (κ1) is 11.6. The van der Waals surface area contributed by atoms with Crippen molar-refractivity contribution < 1.29 is 4.74 Å². The standard InChI is InChI=1S/C13H18N4O/c1-13(9-18-10-13)8-14-6-5-12-16-15-11-4-2-3-7-17(11)12/h2-4,7,14H,5-6,8-10H2,1H3. The molecular formula is C13H18N4O. The molecule has 3 heterocycles. The molecule has 0 aromatic carbocycles. The summed E-state index contributed by atoms with van der Waals surface area (Å²) < 4.78 is 7.27. The number of ether oxygens (including phenoxy) is 1. The van der Waals surface area contributed by atoms with E-state index in [2.05, 4.69) is 22.4 Å². The molecule has 0 saturated carbocycles. The van der Waals surface area contributed by atoms with Crippen molar-refractivity contribution in [2.75, 3.05) is 26.3 Å². The molecule has 1 aliphatic heterocycles. The molecule has 1 N–H and O–H groups in total. The second-order valence-electron chi connectivity index (χ2n) is 5.28. The highest BCUT2D eigenvalue weighted by molar-refractivity contribution is 5.36. The van der Waals surface area contributed by atoms with E-state index >= 15 is 0 Å². The van der Waals surface area contributed by atoms with Gasteiger partial charge in [-0.05, 0) is 12.1 Å². The molecule has 1 fully saturated rings. The summed E-state index contributed by atoms with van der Waals surface area (Å²) in [6.45, 7) is 5.91. The van der Waals surface area contributed by atoms with Gasteiger partial charge in [0.15, 0.2) is 5.65 Å². The Kier molecular flexibility index (Phi) is 3.01. The lowest BCUT2D eigenvalue weighted by molar-refractivity contribution is -0.0988. The van der Waals surface area contributed by atoms with Crippen LogP contribution in [0.4, 0.5) is 0 Å². The SMILES string of the molecule is CC1(CNCCc2nnc3ccccn23)COC1. The average molecular weight is 246 g/mol. The first-order valence-corrected chi connectivity index (χ1v) is 6.34. The summed E-state index contributed by atoms with van der Waals surface area (Å²) in [6.07, 6.45) is 2.90. The highest BCUT2D eigenvalue weighted by Gasteiger charge is 2.32. The van der Waals surface area contributed by atoms with E-state index in [1.54, 1.807) is 0 Å². The van der Waals surface area contributed by atoms with Gasteiger partial charge in [0.2, 0.25) is 0 Å². The number of nitrogens with one attached hydrogen (secondary N) is 1. The third-order valence-corrected chi connectivity index (χ3v) is 3.36. The second kappa shape index (κ2) is 4.66. The van der Waals surface area contributed by atoms with Crippen LogP contribution in [0.3, 0.4) is 0 Å². The predicted molar refractivity (Wildman–Crippen MR) is 68.5 cm³/mol. The Hall–Kier alpha value is -1.46. The van der Waals surface area contributed by atoms with E-state index in [9.17, 15) is 0 Å². The highest BCUT2D eigenvalue weighted by Crippen LogP contribution is 2.24. The lowest BCUT2D eigenvalue weighted by Crippen LogP contribution is -2.47. The van der Waals surface area contributed by atoms with Gasteiger partial charge in [0, 0.05) is 31.1 Å². The first-order valence-electron chi connectivity index (χ1n) is 6.34. The molecule has 1 saturated heterocycles. The Morgan fingerprint density at radius 1 is 1.39 bits per heavy atom. The number of fused-ring (bicyclic) bond motifs is 1. The van der Waals surface area contributed by atoms with Crippen LogP contribution in [-0.2, 0) is 11.2 Å². The van der Waals surface area contributed by atoms with Gasteiger partial charge in [0.05, 0.1) is 13.2 Å². The van der Waals surface area contributed by atoms with E-state index < -0.39 is 0 Å². The first-order chi connectivity index (χ1) is 8.77. The molecule has 3 rings (SSSR count). The minimum atomic E-state index is 0.326. The molecule has 0 aliphatic carbocycles. The van der Waals surface area contributed by atoms with Crippen LogP contribution in [0.25, 0.3) is 5.65 Å². The maximum atomic E-state index is 5.23. The smallest absolute Gasteiger partial charge is 0.160 e. The Bertz CT molecular complexity index is 533. The van der Waals surface area contributed by atoms with E-state index in [1.165, 1.54) is 0 Å². The zero-order valence-electron chi connectivity index (χ0n) is 10.6. The van der Waals surface area contributed by atoms with E-state index in [0.29, 0.717) is 5.41 Å². The van der Waals surface area contributed by atoms with E-state index in [4.69, 9.17) is 4.74 Å². The van der Waals surface area contributed by atoms with Crippen molar-refractivity contribution in [1.29, 1.82) is 0 Å². The summed E-state index contributed by atoms with van der Waals surface area (Å²) in [5.41, 5.74) is 1.24. The molecule has 18 heavy (non-hydrogen) atoms. The van der Waals surface area contributed by atoms with Gasteiger partial charge >= 0.3 is 0 Å². The second-order valence-corrected chi connectivity index (χ2v) is 5.28. The van der Waals surface area contributed by atoms with Crippen molar-refractivity contribution in [2.45, 2.75) is 13.3 Å². The summed E-state index contributed by atoms with van der Waals surface area (Å²) in [6, 6.07) is 5.94. The molecule has 5 nitrogen and oxygen atoms in total. The Labute approximate surface area is 106 Å². The molecule has 1 aliphatic rings. The lowest BCUT2D eigenvalue weighted by Gasteiger charge is -2.38. The fraction of sp³-hybridized carbons (Fsp3) is 0.538. The molecule has 0 amide bonds. The number of pyridine rings is 1. The van der Waals surface area contributed by atoms with E-state index in [1.807, 2.05) is 28.8 Å². The van der Waals surface area contributed by atoms with Crippen LogP contribution in [0.1, 0.15) is 12.7 Å². The number of nitrogens with zero attached hydrogens (tertiary/aromatic N) is 3. The molecule has 0 spiro atoms. The largest absolute Gasteiger partial charge is 0.380 e. The van der Waals surface area contributed by atoms with Crippen molar-refractivity contribution in [3.8, 4) is 0 Å². The molecule has 0 radical (unpaired) electrons. The van der Waals surface area contributed by atoms with Crippen LogP contribution in [0.5, 0.6) is 0 Å². The fourth-order valence-electron chi connectivity index (χ4n) is 2.20. The van der Waals surface area contributed by atoms with Crippen molar-refractivity contribution in [3.05, 3.63) is 30.2 Å². The van der Waals surface area contributed by atoms with Gasteiger partial charge in [-0.1, -0.05) is 13.0 Å². The monoisotopic (exact) mass is 246 g/mol. The number of rotatable bonds is 5. The van der Waals surface area contributed by atoms with Gasteiger partial charge in [0.1, 0.15) is 5.82 Å². The van der Waals surface area contributed by atoms with Gasteiger partial charge in [-0.3, -0.25) is 4.40 Å². The third-order valence-electron chi connectivity index (χ3n) is 3.36. The molecule has 5 heteroatoms. The summed E-state index contributed by atoms with van der Waals surface area (Å²) in [7, 11) is 0. The average Bonchev–Trinajstić information content (AvgIpc) is 2.76. The number of aromatic nitrogens is 3. The van der Waals surface area contributed by atoms with Crippen LogP contribution in [-0.4, -0.2) is 40.9 Å². The van der Waals surface area contributed by atoms with Gasteiger partial charge in [0.25, 0.3) is 0 Å². The Balaban J connectivity index is 1.53. The van der Waals surface area contributed by atoms with Crippen molar-refractivity contribution >= 4 is 5.65 Å². The molecule has 0 atom stereocenters. The molecule has 2 aromatic heterocycles. The van der Waals surface area contributed by atoms with Crippen LogP contribution >= 0.6 is 0 Å².